The third-order valence-corrected chi connectivity index (χ3v) is 2.94. The number of ketones is 1. The fraction of sp³-hybridized carbons (Fsp3) is 0.308. The van der Waals surface area contributed by atoms with Crippen molar-refractivity contribution in [1.82, 2.24) is 0 Å². The largest absolute Gasteiger partial charge is 0.435 e. The first kappa shape index (κ1) is 16.3. The molecule has 0 fully saturated rings. The summed E-state index contributed by atoms with van der Waals surface area (Å²) in [5, 5.41) is 7.12. The SMILES string of the molecule is Cc1ccc(C(=O)OCOCC(=N)N)cc1C(=O)CBr. The fourth-order valence-corrected chi connectivity index (χ4v) is 1.75. The van der Waals surface area contributed by atoms with E-state index in [0.29, 0.717) is 5.56 Å². The first-order valence-corrected chi connectivity index (χ1v) is 6.85. The number of benzene rings is 1. The quantitative estimate of drug-likeness (QED) is 0.149. The summed E-state index contributed by atoms with van der Waals surface area (Å²) in [7, 11) is 0. The van der Waals surface area contributed by atoms with E-state index >= 15 is 0 Å². The van der Waals surface area contributed by atoms with Crippen molar-refractivity contribution in [3.05, 3.63) is 34.9 Å². The Morgan fingerprint density at radius 3 is 2.70 bits per heavy atom. The molecule has 0 bridgehead atoms. The maximum absolute atomic E-state index is 11.8. The molecule has 0 saturated carbocycles. The van der Waals surface area contributed by atoms with Crippen LogP contribution in [0, 0.1) is 12.3 Å². The molecule has 1 aromatic carbocycles. The average Bonchev–Trinajstić information content (AvgIpc) is 2.42. The molecule has 20 heavy (non-hydrogen) atoms. The number of nitrogens with two attached hydrogens (primary N) is 1. The first-order valence-electron chi connectivity index (χ1n) is 5.73. The molecular formula is C13H15BrN2O4. The molecule has 1 aromatic rings. The Kier molecular flexibility index (Phi) is 6.33. The van der Waals surface area contributed by atoms with Crippen LogP contribution < -0.4 is 5.73 Å². The van der Waals surface area contributed by atoms with Gasteiger partial charge in [-0.2, -0.15) is 0 Å². The average molecular weight is 343 g/mol. The van der Waals surface area contributed by atoms with Crippen LogP contribution in [0.3, 0.4) is 0 Å². The number of esters is 1. The highest BCUT2D eigenvalue weighted by Gasteiger charge is 2.13. The molecule has 0 aliphatic carbocycles. The Hall–Kier alpha value is -1.73. The molecule has 108 valence electrons. The number of hydrogen-bond donors (Lipinski definition) is 2. The van der Waals surface area contributed by atoms with Crippen LogP contribution in [-0.4, -0.2) is 36.3 Å². The van der Waals surface area contributed by atoms with Gasteiger partial charge in [0, 0.05) is 5.56 Å². The van der Waals surface area contributed by atoms with Crippen molar-refractivity contribution in [3.63, 3.8) is 0 Å². The topological polar surface area (TPSA) is 102 Å². The molecule has 0 unspecified atom stereocenters. The van der Waals surface area contributed by atoms with Gasteiger partial charge in [0.25, 0.3) is 0 Å². The standard InChI is InChI=1S/C13H15BrN2O4/c1-8-2-3-9(4-10(8)11(17)5-14)13(18)20-7-19-6-12(15)16/h2-4H,5-7H2,1H3,(H3,15,16). The molecule has 0 amide bonds. The monoisotopic (exact) mass is 342 g/mol. The number of carbonyl (C=O) groups is 2. The summed E-state index contributed by atoms with van der Waals surface area (Å²) >= 11 is 3.09. The molecule has 1 rings (SSSR count). The van der Waals surface area contributed by atoms with E-state index in [1.807, 2.05) is 0 Å². The molecule has 0 saturated heterocycles. The van der Waals surface area contributed by atoms with Gasteiger partial charge in [-0.15, -0.1) is 0 Å². The highest BCUT2D eigenvalue weighted by molar-refractivity contribution is 9.09. The summed E-state index contributed by atoms with van der Waals surface area (Å²) < 4.78 is 9.69. The van der Waals surface area contributed by atoms with Gasteiger partial charge in [-0.05, 0) is 24.6 Å². The highest BCUT2D eigenvalue weighted by Crippen LogP contribution is 2.14. The number of ether oxygens (including phenoxy) is 2. The number of halogens is 1. The van der Waals surface area contributed by atoms with Crippen molar-refractivity contribution >= 4 is 33.5 Å². The number of hydrogen-bond acceptors (Lipinski definition) is 5. The highest BCUT2D eigenvalue weighted by atomic mass is 79.9. The number of rotatable bonds is 7. The number of aryl methyl sites for hydroxylation is 1. The van der Waals surface area contributed by atoms with E-state index in [1.54, 1.807) is 19.1 Å². The van der Waals surface area contributed by atoms with E-state index in [2.05, 4.69) is 15.9 Å². The summed E-state index contributed by atoms with van der Waals surface area (Å²) in [6.07, 6.45) is 0. The number of carbonyl (C=O) groups excluding carboxylic acids is 2. The summed E-state index contributed by atoms with van der Waals surface area (Å²) in [5.41, 5.74) is 6.61. The van der Waals surface area contributed by atoms with Gasteiger partial charge in [0.15, 0.2) is 12.6 Å². The summed E-state index contributed by atoms with van der Waals surface area (Å²) in [5.74, 6) is -0.858. The Morgan fingerprint density at radius 2 is 2.10 bits per heavy atom. The molecule has 0 heterocycles. The third-order valence-electron chi connectivity index (χ3n) is 2.43. The van der Waals surface area contributed by atoms with Crippen molar-refractivity contribution in [2.24, 2.45) is 5.73 Å². The zero-order chi connectivity index (χ0) is 15.1. The predicted molar refractivity (Wildman–Crippen MR) is 77.5 cm³/mol. The molecular weight excluding hydrogens is 328 g/mol. The fourth-order valence-electron chi connectivity index (χ4n) is 1.45. The van der Waals surface area contributed by atoms with Crippen LogP contribution >= 0.6 is 15.9 Å². The molecule has 0 spiro atoms. The van der Waals surface area contributed by atoms with Gasteiger partial charge < -0.3 is 15.2 Å². The second kappa shape index (κ2) is 7.76. The van der Waals surface area contributed by atoms with Gasteiger partial charge in [0.05, 0.1) is 10.9 Å². The van der Waals surface area contributed by atoms with Crippen LogP contribution in [0.15, 0.2) is 18.2 Å². The second-order valence-electron chi connectivity index (χ2n) is 4.01. The van der Waals surface area contributed by atoms with Crippen molar-refractivity contribution in [3.8, 4) is 0 Å². The van der Waals surface area contributed by atoms with Crippen LogP contribution in [0.1, 0.15) is 26.3 Å². The zero-order valence-corrected chi connectivity index (χ0v) is 12.5. The van der Waals surface area contributed by atoms with Crippen LogP contribution in [0.4, 0.5) is 0 Å². The Morgan fingerprint density at radius 1 is 1.40 bits per heavy atom. The molecule has 3 N–H and O–H groups in total. The minimum atomic E-state index is -0.600. The maximum Gasteiger partial charge on any atom is 0.340 e. The second-order valence-corrected chi connectivity index (χ2v) is 4.57. The lowest BCUT2D eigenvalue weighted by Gasteiger charge is -2.08. The first-order chi connectivity index (χ1) is 9.45. The van der Waals surface area contributed by atoms with Crippen LogP contribution in [0.2, 0.25) is 0 Å². The van der Waals surface area contributed by atoms with E-state index in [1.165, 1.54) is 6.07 Å². The van der Waals surface area contributed by atoms with Gasteiger partial charge in [-0.3, -0.25) is 10.2 Å². The van der Waals surface area contributed by atoms with Gasteiger partial charge in [0.1, 0.15) is 12.4 Å². The zero-order valence-electron chi connectivity index (χ0n) is 10.9. The Bertz CT molecular complexity index is 531. The van der Waals surface area contributed by atoms with Crippen molar-refractivity contribution < 1.29 is 19.1 Å². The Balaban J connectivity index is 2.69. The third kappa shape index (κ3) is 4.75. The number of Topliss-reactive ketones (excluding diaryl/α,β-unsaturated/α-hetero) is 1. The number of amidine groups is 1. The van der Waals surface area contributed by atoms with Gasteiger partial charge in [0.2, 0.25) is 0 Å². The number of nitrogens with one attached hydrogen (secondary N) is 1. The molecule has 7 heteroatoms. The lowest BCUT2D eigenvalue weighted by Crippen LogP contribution is -2.19. The summed E-state index contributed by atoms with van der Waals surface area (Å²) in [6.45, 7) is 1.39. The van der Waals surface area contributed by atoms with Gasteiger partial charge in [-0.1, -0.05) is 22.0 Å². The van der Waals surface area contributed by atoms with Crippen molar-refractivity contribution in [1.29, 1.82) is 5.41 Å². The van der Waals surface area contributed by atoms with E-state index in [9.17, 15) is 9.59 Å². The van der Waals surface area contributed by atoms with Crippen LogP contribution in [0.25, 0.3) is 0 Å². The van der Waals surface area contributed by atoms with Crippen LogP contribution in [-0.2, 0) is 9.47 Å². The van der Waals surface area contributed by atoms with Crippen molar-refractivity contribution in [2.45, 2.75) is 6.92 Å². The maximum atomic E-state index is 11.8. The minimum absolute atomic E-state index is 0.103. The summed E-state index contributed by atoms with van der Waals surface area (Å²) in [4.78, 5) is 23.4. The van der Waals surface area contributed by atoms with E-state index in [4.69, 9.17) is 20.6 Å². The lowest BCUT2D eigenvalue weighted by atomic mass is 10.0. The van der Waals surface area contributed by atoms with Gasteiger partial charge in [-0.25, -0.2) is 4.79 Å². The van der Waals surface area contributed by atoms with Crippen molar-refractivity contribution in [2.75, 3.05) is 18.7 Å². The normalized spacial score (nSPS) is 10.1. The molecule has 0 radical (unpaired) electrons. The van der Waals surface area contributed by atoms with Gasteiger partial charge >= 0.3 is 5.97 Å². The molecule has 0 aliphatic rings. The minimum Gasteiger partial charge on any atom is -0.435 e. The predicted octanol–water partition coefficient (Wildman–Crippen LogP) is 1.64. The smallest absolute Gasteiger partial charge is 0.340 e. The molecule has 0 atom stereocenters. The molecule has 6 nitrogen and oxygen atoms in total. The number of alkyl halides is 1. The lowest BCUT2D eigenvalue weighted by molar-refractivity contribution is -0.0204. The van der Waals surface area contributed by atoms with E-state index in [-0.39, 0.29) is 35.9 Å². The van der Waals surface area contributed by atoms with E-state index in [0.717, 1.165) is 5.56 Å². The molecule has 0 aliphatic heterocycles. The Labute approximate surface area is 124 Å². The van der Waals surface area contributed by atoms with E-state index < -0.39 is 5.97 Å². The van der Waals surface area contributed by atoms with Crippen LogP contribution in [0.5, 0.6) is 0 Å². The summed E-state index contributed by atoms with van der Waals surface area (Å²) in [6, 6.07) is 4.75. The molecule has 0 aromatic heterocycles.